The number of fused-ring (bicyclic) bond motifs is 6. The quantitative estimate of drug-likeness (QED) is 0.160. The van der Waals surface area contributed by atoms with Crippen LogP contribution in [0.15, 0.2) is 212 Å². The Bertz CT molecular complexity index is 2670. The fourth-order valence-electron chi connectivity index (χ4n) is 8.75. The molecule has 1 aliphatic rings. The molecule has 0 aliphatic heterocycles. The van der Waals surface area contributed by atoms with E-state index >= 15 is 0 Å². The molecule has 1 heteroatoms. The molecular weight excluding hydrogens is 627 g/mol. The smallest absolute Gasteiger partial charge is 0.0714 e. The lowest BCUT2D eigenvalue weighted by molar-refractivity contribution is 0.768. The lowest BCUT2D eigenvalue weighted by atomic mass is 9.68. The largest absolute Gasteiger partial charge is 0.310 e. The predicted molar refractivity (Wildman–Crippen MR) is 219 cm³/mol. The number of rotatable bonds is 6. The molecule has 0 aromatic heterocycles. The Morgan fingerprint density at radius 2 is 0.885 bits per heavy atom. The Hall–Kier alpha value is -6.70. The van der Waals surface area contributed by atoms with Crippen LogP contribution in [0.3, 0.4) is 0 Å². The molecule has 0 atom stereocenters. The fourth-order valence-corrected chi connectivity index (χ4v) is 8.75. The molecule has 1 aliphatic carbocycles. The fraction of sp³-hybridized carbons (Fsp3) is 0.0196. The Kier molecular flexibility index (Phi) is 7.11. The third-order valence-electron chi connectivity index (χ3n) is 10.9. The molecule has 244 valence electrons. The van der Waals surface area contributed by atoms with Crippen molar-refractivity contribution in [1.29, 1.82) is 0 Å². The minimum atomic E-state index is -0.464. The number of para-hydroxylation sites is 1. The van der Waals surface area contributed by atoms with Crippen molar-refractivity contribution < 1.29 is 0 Å². The van der Waals surface area contributed by atoms with Gasteiger partial charge in [0.2, 0.25) is 0 Å². The van der Waals surface area contributed by atoms with E-state index in [1.165, 1.54) is 66.1 Å². The van der Waals surface area contributed by atoms with E-state index in [1.807, 2.05) is 0 Å². The van der Waals surface area contributed by atoms with Gasteiger partial charge in [-0.25, -0.2) is 0 Å². The Balaban J connectivity index is 1.20. The summed E-state index contributed by atoms with van der Waals surface area (Å²) in [4.78, 5) is 2.43. The normalized spacial score (nSPS) is 12.8. The van der Waals surface area contributed by atoms with E-state index in [2.05, 4.69) is 217 Å². The number of hydrogen-bond donors (Lipinski definition) is 0. The topological polar surface area (TPSA) is 3.24 Å². The molecule has 0 bridgehead atoms. The van der Waals surface area contributed by atoms with Crippen LogP contribution in [0.5, 0.6) is 0 Å². The van der Waals surface area contributed by atoms with Gasteiger partial charge >= 0.3 is 0 Å². The first-order valence-electron chi connectivity index (χ1n) is 18.0. The molecule has 0 heterocycles. The summed E-state index contributed by atoms with van der Waals surface area (Å²) in [5.41, 5.74) is 13.0. The van der Waals surface area contributed by atoms with Crippen molar-refractivity contribution in [3.63, 3.8) is 0 Å². The van der Waals surface area contributed by atoms with Gasteiger partial charge in [-0.1, -0.05) is 176 Å². The summed E-state index contributed by atoms with van der Waals surface area (Å²) in [6, 6.07) is 77.7. The predicted octanol–water partition coefficient (Wildman–Crippen LogP) is 13.5. The Morgan fingerprint density at radius 3 is 1.60 bits per heavy atom. The van der Waals surface area contributed by atoms with Crippen molar-refractivity contribution in [1.82, 2.24) is 0 Å². The second-order valence-corrected chi connectivity index (χ2v) is 13.6. The Labute approximate surface area is 304 Å². The summed E-state index contributed by atoms with van der Waals surface area (Å²) in [6.07, 6.45) is 0. The SMILES string of the molecule is c1ccc(N(c2ccc(-c3cc4ccccc4c4ccccc34)cc2)c2cccc3c2-c2ccccc2C3(c2ccccc2)c2ccccc2)cc1. The van der Waals surface area contributed by atoms with E-state index in [4.69, 9.17) is 0 Å². The first-order chi connectivity index (χ1) is 25.8. The molecule has 52 heavy (non-hydrogen) atoms. The van der Waals surface area contributed by atoms with Crippen molar-refractivity contribution in [2.75, 3.05) is 4.90 Å². The van der Waals surface area contributed by atoms with E-state index in [-0.39, 0.29) is 0 Å². The molecule has 0 unspecified atom stereocenters. The van der Waals surface area contributed by atoms with Crippen molar-refractivity contribution in [2.45, 2.75) is 5.41 Å². The van der Waals surface area contributed by atoms with E-state index in [1.54, 1.807) is 0 Å². The summed E-state index contributed by atoms with van der Waals surface area (Å²) >= 11 is 0. The lowest BCUT2D eigenvalue weighted by Crippen LogP contribution is -2.28. The van der Waals surface area contributed by atoms with Crippen LogP contribution in [0.25, 0.3) is 43.8 Å². The van der Waals surface area contributed by atoms with Gasteiger partial charge in [-0.05, 0) is 96.9 Å². The maximum Gasteiger partial charge on any atom is 0.0714 e. The zero-order chi connectivity index (χ0) is 34.5. The number of hydrogen-bond acceptors (Lipinski definition) is 1. The number of anilines is 3. The molecular formula is C51H35N. The summed E-state index contributed by atoms with van der Waals surface area (Å²) < 4.78 is 0. The standard InChI is InChI=1S/C51H35N/c1-4-18-38(19-5-1)51(39-20-6-2-7-21-39)47-28-15-14-27-45(47)50-48(51)29-16-30-49(50)52(40-22-8-3-9-23-40)41-33-31-36(32-34-41)46-35-37-17-10-11-24-42(37)43-25-12-13-26-44(43)46/h1-35H. The first kappa shape index (κ1) is 30.2. The third kappa shape index (κ3) is 4.56. The van der Waals surface area contributed by atoms with Crippen molar-refractivity contribution in [3.8, 4) is 22.3 Å². The molecule has 0 saturated heterocycles. The number of benzene rings is 9. The highest BCUT2D eigenvalue weighted by molar-refractivity contribution is 6.13. The summed E-state index contributed by atoms with van der Waals surface area (Å²) in [7, 11) is 0. The van der Waals surface area contributed by atoms with Crippen LogP contribution in [0.2, 0.25) is 0 Å². The summed E-state index contributed by atoms with van der Waals surface area (Å²) in [5.74, 6) is 0. The van der Waals surface area contributed by atoms with Gasteiger partial charge in [0.25, 0.3) is 0 Å². The minimum Gasteiger partial charge on any atom is -0.310 e. The maximum absolute atomic E-state index is 2.43. The summed E-state index contributed by atoms with van der Waals surface area (Å²) in [5, 5.41) is 5.09. The summed E-state index contributed by atoms with van der Waals surface area (Å²) in [6.45, 7) is 0. The zero-order valence-electron chi connectivity index (χ0n) is 28.7. The van der Waals surface area contributed by atoms with Crippen molar-refractivity contribution >= 4 is 38.6 Å². The van der Waals surface area contributed by atoms with Crippen LogP contribution in [-0.4, -0.2) is 0 Å². The monoisotopic (exact) mass is 661 g/mol. The second-order valence-electron chi connectivity index (χ2n) is 13.6. The van der Waals surface area contributed by atoms with E-state index < -0.39 is 5.41 Å². The maximum atomic E-state index is 2.43. The highest BCUT2D eigenvalue weighted by Crippen LogP contribution is 2.59. The average Bonchev–Trinajstić information content (AvgIpc) is 3.54. The van der Waals surface area contributed by atoms with Gasteiger partial charge in [-0.2, -0.15) is 0 Å². The average molecular weight is 662 g/mol. The van der Waals surface area contributed by atoms with Crippen LogP contribution >= 0.6 is 0 Å². The molecule has 9 aromatic carbocycles. The van der Waals surface area contributed by atoms with Crippen molar-refractivity contribution in [2.24, 2.45) is 0 Å². The number of nitrogens with zero attached hydrogens (tertiary/aromatic N) is 1. The molecule has 10 rings (SSSR count). The van der Waals surface area contributed by atoms with Gasteiger partial charge in [0.15, 0.2) is 0 Å². The minimum absolute atomic E-state index is 0.464. The van der Waals surface area contributed by atoms with Crippen LogP contribution in [-0.2, 0) is 5.41 Å². The first-order valence-corrected chi connectivity index (χ1v) is 18.0. The molecule has 1 nitrogen and oxygen atoms in total. The zero-order valence-corrected chi connectivity index (χ0v) is 28.7. The second kappa shape index (κ2) is 12.3. The van der Waals surface area contributed by atoms with Gasteiger partial charge in [-0.15, -0.1) is 0 Å². The van der Waals surface area contributed by atoms with Gasteiger partial charge in [0.05, 0.1) is 11.1 Å². The highest BCUT2D eigenvalue weighted by Gasteiger charge is 2.47. The molecule has 0 radical (unpaired) electrons. The highest BCUT2D eigenvalue weighted by atomic mass is 15.1. The van der Waals surface area contributed by atoms with Gasteiger partial charge < -0.3 is 4.90 Å². The molecule has 0 fully saturated rings. The van der Waals surface area contributed by atoms with E-state index in [9.17, 15) is 0 Å². The van der Waals surface area contributed by atoms with Crippen LogP contribution in [0, 0.1) is 0 Å². The van der Waals surface area contributed by atoms with Crippen LogP contribution < -0.4 is 4.90 Å². The van der Waals surface area contributed by atoms with Gasteiger partial charge in [0.1, 0.15) is 0 Å². The Morgan fingerprint density at radius 1 is 0.346 bits per heavy atom. The van der Waals surface area contributed by atoms with E-state index in [0.29, 0.717) is 0 Å². The molecule has 0 N–H and O–H groups in total. The van der Waals surface area contributed by atoms with Crippen molar-refractivity contribution in [3.05, 3.63) is 235 Å². The lowest BCUT2D eigenvalue weighted by Gasteiger charge is -2.34. The van der Waals surface area contributed by atoms with Crippen LogP contribution in [0.1, 0.15) is 22.3 Å². The van der Waals surface area contributed by atoms with Gasteiger partial charge in [-0.3, -0.25) is 0 Å². The van der Waals surface area contributed by atoms with Gasteiger partial charge in [0, 0.05) is 16.9 Å². The molecule has 9 aromatic rings. The van der Waals surface area contributed by atoms with Crippen LogP contribution in [0.4, 0.5) is 17.1 Å². The molecule has 0 spiro atoms. The third-order valence-corrected chi connectivity index (χ3v) is 10.9. The molecule has 0 saturated carbocycles. The molecule has 0 amide bonds. The van der Waals surface area contributed by atoms with E-state index in [0.717, 1.165) is 17.1 Å².